The van der Waals surface area contributed by atoms with E-state index in [2.05, 4.69) is 10.2 Å². The van der Waals surface area contributed by atoms with Crippen LogP contribution in [0, 0.1) is 22.0 Å². The molecule has 0 unspecified atom stereocenters. The van der Waals surface area contributed by atoms with Gasteiger partial charge in [0.25, 0.3) is 5.09 Å². The highest BCUT2D eigenvalue weighted by Crippen LogP contribution is 2.36. The van der Waals surface area contributed by atoms with E-state index in [1.165, 1.54) is 42.5 Å². The van der Waals surface area contributed by atoms with Crippen molar-refractivity contribution in [3.63, 3.8) is 0 Å². The van der Waals surface area contributed by atoms with Crippen molar-refractivity contribution in [2.75, 3.05) is 13.2 Å². The van der Waals surface area contributed by atoms with E-state index in [4.69, 9.17) is 9.47 Å². The predicted molar refractivity (Wildman–Crippen MR) is 160 cm³/mol. The number of alkyl halides is 3. The summed E-state index contributed by atoms with van der Waals surface area (Å²) in [7, 11) is 0. The third-order valence-electron chi connectivity index (χ3n) is 7.32. The van der Waals surface area contributed by atoms with Crippen LogP contribution >= 0.6 is 0 Å². The number of hydrogen-bond acceptors (Lipinski definition) is 10. The van der Waals surface area contributed by atoms with E-state index >= 15 is 0 Å². The highest BCUT2D eigenvalue weighted by molar-refractivity contribution is 5.82. The number of aliphatic hydroxyl groups excluding tert-OH is 3. The van der Waals surface area contributed by atoms with E-state index in [9.17, 15) is 48.2 Å². The summed E-state index contributed by atoms with van der Waals surface area (Å²) in [4.78, 5) is 38.6. The van der Waals surface area contributed by atoms with Crippen molar-refractivity contribution >= 4 is 11.9 Å². The standard InChI is InChI=1S/C32H37F3N2O10/c33-32(34,35)22-6-5-7-25(16-22)45-20-23(38)12-15-27-26(28(39)17-29(27)40)8-3-1-2-4-9-30(41)36-18-31(42)47-24-13-10-21(11-14-24)19-46-37(43)44/h1,3,5-7,10-16,23,26-29,38-40H,2,4,8-9,17-20H2,(H,36,41)/t23-,26-,27-,28+,29-/m1/s1. The number of nitrogens with zero attached hydrogens (tertiary/aromatic N) is 1. The molecule has 1 amide bonds. The fourth-order valence-electron chi connectivity index (χ4n) is 4.92. The molecule has 12 nitrogen and oxygen atoms in total. The maximum atomic E-state index is 12.9. The highest BCUT2D eigenvalue weighted by atomic mass is 19.4. The van der Waals surface area contributed by atoms with Gasteiger partial charge in [-0.3, -0.25) is 4.79 Å². The molecule has 5 atom stereocenters. The summed E-state index contributed by atoms with van der Waals surface area (Å²) < 4.78 is 49.1. The third-order valence-corrected chi connectivity index (χ3v) is 7.32. The Morgan fingerprint density at radius 2 is 1.83 bits per heavy atom. The number of aliphatic hydroxyl groups is 3. The average molecular weight is 667 g/mol. The summed E-state index contributed by atoms with van der Waals surface area (Å²) in [5.74, 6) is -1.69. The van der Waals surface area contributed by atoms with E-state index in [-0.39, 0.29) is 55.9 Å². The number of ether oxygens (including phenoxy) is 2. The zero-order valence-corrected chi connectivity index (χ0v) is 25.3. The molecule has 4 N–H and O–H groups in total. The Kier molecular flexibility index (Phi) is 14.2. The maximum Gasteiger partial charge on any atom is 0.416 e. The Labute approximate surface area is 268 Å². The second-order valence-electron chi connectivity index (χ2n) is 10.9. The molecule has 1 saturated carbocycles. The van der Waals surface area contributed by atoms with Crippen LogP contribution in [0.5, 0.6) is 11.5 Å². The van der Waals surface area contributed by atoms with Gasteiger partial charge < -0.3 is 34.9 Å². The molecule has 3 rings (SSSR count). The summed E-state index contributed by atoms with van der Waals surface area (Å²) >= 11 is 0. The monoisotopic (exact) mass is 666 g/mol. The molecule has 0 radical (unpaired) electrons. The molecule has 256 valence electrons. The summed E-state index contributed by atoms with van der Waals surface area (Å²) in [5.41, 5.74) is -0.358. The molecule has 47 heavy (non-hydrogen) atoms. The van der Waals surface area contributed by atoms with E-state index in [0.29, 0.717) is 24.8 Å². The minimum atomic E-state index is -4.52. The van der Waals surface area contributed by atoms with E-state index < -0.39 is 47.0 Å². The van der Waals surface area contributed by atoms with Crippen LogP contribution in [0.25, 0.3) is 0 Å². The van der Waals surface area contributed by atoms with Gasteiger partial charge in [0.05, 0.1) is 17.8 Å². The van der Waals surface area contributed by atoms with Crippen LogP contribution in [-0.4, -0.2) is 63.7 Å². The Morgan fingerprint density at radius 1 is 1.09 bits per heavy atom. The van der Waals surface area contributed by atoms with Gasteiger partial charge in [-0.25, -0.2) is 4.79 Å². The lowest BCUT2D eigenvalue weighted by atomic mass is 9.89. The van der Waals surface area contributed by atoms with Crippen molar-refractivity contribution in [3.05, 3.63) is 94.1 Å². The van der Waals surface area contributed by atoms with Crippen LogP contribution in [-0.2, 0) is 27.2 Å². The van der Waals surface area contributed by atoms with Gasteiger partial charge in [0.2, 0.25) is 5.91 Å². The summed E-state index contributed by atoms with van der Waals surface area (Å²) in [6.45, 7) is -0.886. The zero-order chi connectivity index (χ0) is 34.4. The minimum absolute atomic E-state index is 0.0452. The van der Waals surface area contributed by atoms with Crippen molar-refractivity contribution < 1.29 is 57.5 Å². The SMILES string of the molecule is O=C(CCCC=CC[C@@H]1[C@@H](C=C[C@@H](O)COc2cccc(C(F)(F)F)c2)[C@H](O)C[C@@H]1O)NCC(=O)Oc1ccc(CO[N+](=O)[O-])cc1. The number of esters is 1. The minimum Gasteiger partial charge on any atom is -0.491 e. The van der Waals surface area contributed by atoms with Crippen molar-refractivity contribution in [1.82, 2.24) is 5.32 Å². The van der Waals surface area contributed by atoms with Gasteiger partial charge in [-0.2, -0.15) is 13.2 Å². The molecule has 0 heterocycles. The lowest BCUT2D eigenvalue weighted by Crippen LogP contribution is -2.31. The molecule has 0 aliphatic heterocycles. The molecule has 1 fully saturated rings. The maximum absolute atomic E-state index is 12.9. The molecule has 1 aliphatic rings. The Morgan fingerprint density at radius 3 is 2.53 bits per heavy atom. The first kappa shape index (κ1) is 37.0. The summed E-state index contributed by atoms with van der Waals surface area (Å²) in [6, 6.07) is 10.2. The van der Waals surface area contributed by atoms with E-state index in [1.54, 1.807) is 6.08 Å². The number of unbranched alkanes of at least 4 members (excludes halogenated alkanes) is 1. The molecule has 0 saturated heterocycles. The van der Waals surface area contributed by atoms with Crippen molar-refractivity contribution in [2.24, 2.45) is 11.8 Å². The van der Waals surface area contributed by atoms with Crippen LogP contribution in [0.1, 0.15) is 43.2 Å². The lowest BCUT2D eigenvalue weighted by molar-refractivity contribution is -0.763. The van der Waals surface area contributed by atoms with Gasteiger partial charge >= 0.3 is 12.1 Å². The molecule has 1 aliphatic carbocycles. The number of amides is 1. The number of benzene rings is 2. The Hall–Kier alpha value is -4.47. The third kappa shape index (κ3) is 13.0. The largest absolute Gasteiger partial charge is 0.491 e. The summed E-state index contributed by atoms with van der Waals surface area (Å²) in [5, 5.41) is 42.9. The number of allylic oxidation sites excluding steroid dienone is 2. The first-order chi connectivity index (χ1) is 22.3. The van der Waals surface area contributed by atoms with Gasteiger partial charge in [0.1, 0.15) is 37.4 Å². The average Bonchev–Trinajstić information content (AvgIpc) is 3.29. The molecule has 15 heteroatoms. The Balaban J connectivity index is 1.34. The van der Waals surface area contributed by atoms with Crippen LogP contribution in [0.4, 0.5) is 13.2 Å². The van der Waals surface area contributed by atoms with Crippen LogP contribution in [0.3, 0.4) is 0 Å². The van der Waals surface area contributed by atoms with Crippen molar-refractivity contribution in [3.8, 4) is 11.5 Å². The first-order valence-corrected chi connectivity index (χ1v) is 14.8. The quantitative estimate of drug-likeness (QED) is 0.0484. The van der Waals surface area contributed by atoms with Crippen LogP contribution < -0.4 is 14.8 Å². The Bertz CT molecular complexity index is 1380. The van der Waals surface area contributed by atoms with Gasteiger partial charge in [-0.1, -0.05) is 42.5 Å². The van der Waals surface area contributed by atoms with Gasteiger partial charge in [-0.05, 0) is 61.1 Å². The van der Waals surface area contributed by atoms with E-state index in [1.807, 2.05) is 12.2 Å². The number of rotatable bonds is 17. The second-order valence-corrected chi connectivity index (χ2v) is 10.9. The predicted octanol–water partition coefficient (Wildman–Crippen LogP) is 3.91. The number of halogens is 3. The van der Waals surface area contributed by atoms with Crippen molar-refractivity contribution in [1.29, 1.82) is 0 Å². The van der Waals surface area contributed by atoms with E-state index in [0.717, 1.165) is 12.1 Å². The second kappa shape index (κ2) is 18.0. The number of carbonyl (C=O) groups is 2. The number of hydrogen-bond donors (Lipinski definition) is 4. The molecule has 0 bridgehead atoms. The van der Waals surface area contributed by atoms with Gasteiger partial charge in [0.15, 0.2) is 0 Å². The van der Waals surface area contributed by atoms with Gasteiger partial charge in [-0.15, -0.1) is 10.1 Å². The number of nitrogens with one attached hydrogen (secondary N) is 1. The molecule has 2 aromatic rings. The van der Waals surface area contributed by atoms with Gasteiger partial charge in [0, 0.05) is 18.8 Å². The summed E-state index contributed by atoms with van der Waals surface area (Å²) in [6.07, 6.45) is 1.10. The highest BCUT2D eigenvalue weighted by Gasteiger charge is 2.39. The topological polar surface area (TPSA) is 178 Å². The number of carbonyl (C=O) groups excluding carboxylic acids is 2. The van der Waals surface area contributed by atoms with Crippen molar-refractivity contribution in [2.45, 2.75) is 63.2 Å². The zero-order valence-electron chi connectivity index (χ0n) is 25.3. The molecular weight excluding hydrogens is 629 g/mol. The normalized spacial score (nSPS) is 20.3. The molecular formula is C32H37F3N2O10. The fourth-order valence-corrected chi connectivity index (χ4v) is 4.92. The molecule has 2 aromatic carbocycles. The lowest BCUT2D eigenvalue weighted by Gasteiger charge is -2.19. The molecule has 0 spiro atoms. The van der Waals surface area contributed by atoms with Crippen LogP contribution in [0.15, 0.2) is 72.8 Å². The smallest absolute Gasteiger partial charge is 0.416 e. The fraction of sp³-hybridized carbons (Fsp3) is 0.438. The molecule has 0 aromatic heterocycles. The van der Waals surface area contributed by atoms with Crippen LogP contribution in [0.2, 0.25) is 0 Å². The first-order valence-electron chi connectivity index (χ1n) is 14.8.